The number of aromatic hydroxyl groups is 1. The number of halogens is 3. The molecule has 21 heavy (non-hydrogen) atoms. The minimum absolute atomic E-state index is 0.0743. The van der Waals surface area contributed by atoms with Crippen molar-refractivity contribution in [3.63, 3.8) is 0 Å². The van der Waals surface area contributed by atoms with Crippen molar-refractivity contribution in [2.45, 2.75) is 6.18 Å². The van der Waals surface area contributed by atoms with Crippen LogP contribution in [-0.2, 0) is 6.18 Å². The fourth-order valence-corrected chi connectivity index (χ4v) is 1.65. The lowest BCUT2D eigenvalue weighted by Gasteiger charge is -2.09. The van der Waals surface area contributed by atoms with Crippen LogP contribution >= 0.6 is 11.8 Å². The van der Waals surface area contributed by atoms with Crippen molar-refractivity contribution in [3.05, 3.63) is 27.8 Å². The van der Waals surface area contributed by atoms with Gasteiger partial charge in [-0.2, -0.15) is 18.4 Å². The van der Waals surface area contributed by atoms with Gasteiger partial charge in [0.05, 0.1) is 11.0 Å². The highest BCUT2D eigenvalue weighted by Gasteiger charge is 2.39. The summed E-state index contributed by atoms with van der Waals surface area (Å²) >= 11 is 0.912. The van der Waals surface area contributed by atoms with E-state index < -0.39 is 33.8 Å². The first kappa shape index (κ1) is 16.6. The summed E-state index contributed by atoms with van der Waals surface area (Å²) in [5.41, 5.74) is -3.36. The summed E-state index contributed by atoms with van der Waals surface area (Å²) in [5.74, 6) is -0.805. The Morgan fingerprint density at radius 3 is 2.62 bits per heavy atom. The van der Waals surface area contributed by atoms with Gasteiger partial charge in [0.1, 0.15) is 17.0 Å². The zero-order valence-electron chi connectivity index (χ0n) is 10.3. The van der Waals surface area contributed by atoms with Gasteiger partial charge in [0.15, 0.2) is 11.4 Å². The van der Waals surface area contributed by atoms with Crippen molar-refractivity contribution in [1.82, 2.24) is 5.32 Å². The molecule has 0 atom stereocenters. The standard InChI is InChI=1S/C10H7F3N4O3S/c1-21-9(15-4-14)16-6-2-5(10(11,12)13)7(17(19)20)3-8(6)18/h2-3,18H,1H3,(H,15,16). The number of aliphatic imine (C=N–C) groups is 1. The molecule has 0 radical (unpaired) electrons. The Bertz CT molecular complexity index is 640. The lowest BCUT2D eigenvalue weighted by atomic mass is 10.1. The van der Waals surface area contributed by atoms with Gasteiger partial charge in [-0.25, -0.2) is 4.99 Å². The Morgan fingerprint density at radius 1 is 1.57 bits per heavy atom. The monoisotopic (exact) mass is 320 g/mol. The Balaban J connectivity index is 3.50. The first-order valence-electron chi connectivity index (χ1n) is 5.07. The summed E-state index contributed by atoms with van der Waals surface area (Å²) in [6, 6.07) is 0.717. The highest BCUT2D eigenvalue weighted by atomic mass is 32.2. The Kier molecular flexibility index (Phi) is 4.98. The third-order valence-corrected chi connectivity index (χ3v) is 2.75. The number of nitrogens with zero attached hydrogens (tertiary/aromatic N) is 3. The highest BCUT2D eigenvalue weighted by molar-refractivity contribution is 8.13. The van der Waals surface area contributed by atoms with E-state index >= 15 is 0 Å². The van der Waals surface area contributed by atoms with Crippen molar-refractivity contribution < 1.29 is 23.2 Å². The van der Waals surface area contributed by atoms with E-state index in [0.717, 1.165) is 11.8 Å². The van der Waals surface area contributed by atoms with Gasteiger partial charge in [-0.05, 0) is 12.3 Å². The third kappa shape index (κ3) is 3.99. The molecule has 0 saturated heterocycles. The molecule has 0 bridgehead atoms. The molecule has 0 amide bonds. The van der Waals surface area contributed by atoms with Crippen molar-refractivity contribution in [2.75, 3.05) is 6.26 Å². The van der Waals surface area contributed by atoms with Crippen LogP contribution < -0.4 is 5.32 Å². The number of hydrogen-bond acceptors (Lipinski definition) is 6. The van der Waals surface area contributed by atoms with Crippen molar-refractivity contribution in [2.24, 2.45) is 4.99 Å². The normalized spacial score (nSPS) is 11.9. The fraction of sp³-hybridized carbons (Fsp3) is 0.200. The number of phenolic OH excluding ortho intramolecular Hbond substituents is 1. The molecule has 112 valence electrons. The molecule has 0 aromatic heterocycles. The van der Waals surface area contributed by atoms with E-state index in [9.17, 15) is 28.4 Å². The molecule has 0 heterocycles. The molecule has 0 fully saturated rings. The topological polar surface area (TPSA) is 112 Å². The van der Waals surface area contributed by atoms with E-state index in [4.69, 9.17) is 5.26 Å². The SMILES string of the molecule is CSC(=Nc1cc(C(F)(F)F)c([N+](=O)[O-])cc1O)NC#N. The smallest absolute Gasteiger partial charge is 0.423 e. The van der Waals surface area contributed by atoms with Gasteiger partial charge in [0, 0.05) is 0 Å². The summed E-state index contributed by atoms with van der Waals surface area (Å²) in [6.07, 6.45) is -1.97. The van der Waals surface area contributed by atoms with E-state index in [1.807, 2.05) is 0 Å². The van der Waals surface area contributed by atoms with Crippen LogP contribution in [0.4, 0.5) is 24.5 Å². The lowest BCUT2D eigenvalue weighted by Crippen LogP contribution is -2.13. The second kappa shape index (κ2) is 6.31. The second-order valence-electron chi connectivity index (χ2n) is 3.47. The first-order valence-corrected chi connectivity index (χ1v) is 6.29. The molecule has 0 spiro atoms. The van der Waals surface area contributed by atoms with E-state index in [-0.39, 0.29) is 5.17 Å². The maximum atomic E-state index is 12.8. The molecule has 2 N–H and O–H groups in total. The molecule has 1 rings (SSSR count). The summed E-state index contributed by atoms with van der Waals surface area (Å²) < 4.78 is 38.3. The van der Waals surface area contributed by atoms with Gasteiger partial charge >= 0.3 is 6.18 Å². The number of alkyl halides is 3. The largest absolute Gasteiger partial charge is 0.505 e. The van der Waals surface area contributed by atoms with Crippen LogP contribution in [0.25, 0.3) is 0 Å². The molecule has 1 aromatic rings. The lowest BCUT2D eigenvalue weighted by molar-refractivity contribution is -0.388. The van der Waals surface area contributed by atoms with Crippen LogP contribution in [0.5, 0.6) is 5.75 Å². The Morgan fingerprint density at radius 2 is 2.19 bits per heavy atom. The second-order valence-corrected chi connectivity index (χ2v) is 4.27. The quantitative estimate of drug-likeness (QED) is 0.216. The summed E-state index contributed by atoms with van der Waals surface area (Å²) in [6.45, 7) is 0. The minimum Gasteiger partial charge on any atom is -0.505 e. The van der Waals surface area contributed by atoms with Crippen LogP contribution in [0.1, 0.15) is 5.56 Å². The zero-order valence-corrected chi connectivity index (χ0v) is 11.1. The maximum Gasteiger partial charge on any atom is 0.423 e. The number of rotatable bonds is 2. The Labute approximate surface area is 120 Å². The van der Waals surface area contributed by atoms with Gasteiger partial charge < -0.3 is 5.11 Å². The molecular weight excluding hydrogens is 313 g/mol. The average molecular weight is 320 g/mol. The maximum absolute atomic E-state index is 12.8. The Hall–Kier alpha value is -2.48. The number of hydrogen-bond donors (Lipinski definition) is 2. The van der Waals surface area contributed by atoms with Crippen LogP contribution in [0.3, 0.4) is 0 Å². The molecule has 0 aliphatic heterocycles. The van der Waals surface area contributed by atoms with Crippen LogP contribution in [0.2, 0.25) is 0 Å². The summed E-state index contributed by atoms with van der Waals surface area (Å²) in [5, 5.41) is 30.6. The number of benzene rings is 1. The van der Waals surface area contributed by atoms with E-state index in [0.29, 0.717) is 12.1 Å². The number of thioether (sulfide) groups is 1. The highest BCUT2D eigenvalue weighted by Crippen LogP contribution is 2.42. The summed E-state index contributed by atoms with van der Waals surface area (Å²) in [4.78, 5) is 13.0. The number of nitriles is 1. The molecular formula is C10H7F3N4O3S. The minimum atomic E-state index is -4.98. The average Bonchev–Trinajstić information content (AvgIpc) is 2.38. The van der Waals surface area contributed by atoms with Gasteiger partial charge in [-0.1, -0.05) is 11.8 Å². The molecule has 0 unspecified atom stereocenters. The number of nitro groups is 1. The van der Waals surface area contributed by atoms with Gasteiger partial charge in [0.2, 0.25) is 0 Å². The molecule has 0 aliphatic carbocycles. The van der Waals surface area contributed by atoms with E-state index in [1.54, 1.807) is 0 Å². The van der Waals surface area contributed by atoms with Crippen LogP contribution in [0, 0.1) is 21.6 Å². The zero-order chi connectivity index (χ0) is 16.2. The van der Waals surface area contributed by atoms with Crippen LogP contribution in [-0.4, -0.2) is 21.5 Å². The predicted octanol–water partition coefficient (Wildman–Crippen LogP) is 2.74. The molecule has 11 heteroatoms. The predicted molar refractivity (Wildman–Crippen MR) is 69.1 cm³/mol. The van der Waals surface area contributed by atoms with Gasteiger partial charge in [-0.3, -0.25) is 15.4 Å². The fourth-order valence-electron chi connectivity index (χ4n) is 1.32. The first-order chi connectivity index (χ1) is 9.70. The molecule has 0 aliphatic rings. The molecule has 0 saturated carbocycles. The number of amidine groups is 1. The molecule has 7 nitrogen and oxygen atoms in total. The number of phenols is 1. The third-order valence-electron chi connectivity index (χ3n) is 2.17. The van der Waals surface area contributed by atoms with Crippen molar-refractivity contribution in [3.8, 4) is 11.9 Å². The number of nitrogens with one attached hydrogen (secondary N) is 1. The van der Waals surface area contributed by atoms with Gasteiger partial charge in [-0.15, -0.1) is 0 Å². The van der Waals surface area contributed by atoms with Crippen molar-refractivity contribution in [1.29, 1.82) is 5.26 Å². The van der Waals surface area contributed by atoms with Crippen molar-refractivity contribution >= 4 is 28.3 Å². The van der Waals surface area contributed by atoms with E-state index in [2.05, 4.69) is 10.3 Å². The van der Waals surface area contributed by atoms with Gasteiger partial charge in [0.25, 0.3) is 5.69 Å². The van der Waals surface area contributed by atoms with E-state index in [1.165, 1.54) is 12.4 Å². The van der Waals surface area contributed by atoms with Crippen LogP contribution in [0.15, 0.2) is 17.1 Å². The number of nitro benzene ring substituents is 1. The molecule has 1 aromatic carbocycles. The summed E-state index contributed by atoms with van der Waals surface area (Å²) in [7, 11) is 0.